The van der Waals surface area contributed by atoms with Crippen LogP contribution >= 0.6 is 0 Å². The molecule has 0 fully saturated rings. The smallest absolute Gasteiger partial charge is 0.152 e. The molecule has 0 amide bonds. The molecule has 9 heavy (non-hydrogen) atoms. The number of hydrogen-bond acceptors (Lipinski definition) is 2. The summed E-state index contributed by atoms with van der Waals surface area (Å²) in [5, 5.41) is 6.80. The van der Waals surface area contributed by atoms with Crippen molar-refractivity contribution in [2.75, 3.05) is 19.0 Å². The van der Waals surface area contributed by atoms with E-state index in [1.165, 1.54) is 5.56 Å². The Bertz CT molecular complexity index is 190. The van der Waals surface area contributed by atoms with Crippen LogP contribution in [-0.2, 0) is 0 Å². The van der Waals surface area contributed by atoms with Crippen LogP contribution in [0.5, 0.6) is 0 Å². The average molecular weight is 125 g/mol. The summed E-state index contributed by atoms with van der Waals surface area (Å²) in [5.74, 6) is 1.01. The topological polar surface area (TPSA) is 31.9 Å². The largest absolute Gasteiger partial charge is 0.361 e. The van der Waals surface area contributed by atoms with Crippen molar-refractivity contribution in [3.8, 4) is 0 Å². The number of aryl methyl sites for hydroxylation is 1. The lowest BCUT2D eigenvalue weighted by Gasteiger charge is -2.07. The Morgan fingerprint density at radius 1 is 1.56 bits per heavy atom. The van der Waals surface area contributed by atoms with E-state index in [1.807, 2.05) is 32.1 Å². The van der Waals surface area contributed by atoms with Gasteiger partial charge in [0, 0.05) is 25.9 Å². The molecule has 0 saturated carbocycles. The molecule has 0 aromatic carbocycles. The van der Waals surface area contributed by atoms with E-state index in [-0.39, 0.29) is 0 Å². The van der Waals surface area contributed by atoms with Gasteiger partial charge in [-0.05, 0) is 6.92 Å². The zero-order valence-electron chi connectivity index (χ0n) is 5.97. The maximum Gasteiger partial charge on any atom is 0.152 e. The third-order valence-electron chi connectivity index (χ3n) is 1.23. The second-order valence-electron chi connectivity index (χ2n) is 2.29. The molecule has 0 aliphatic carbocycles. The highest BCUT2D eigenvalue weighted by Crippen LogP contribution is 2.10. The van der Waals surface area contributed by atoms with Gasteiger partial charge in [0.15, 0.2) is 5.82 Å². The van der Waals surface area contributed by atoms with Crippen molar-refractivity contribution in [3.05, 3.63) is 11.8 Å². The van der Waals surface area contributed by atoms with E-state index in [0.717, 1.165) is 5.82 Å². The van der Waals surface area contributed by atoms with Crippen molar-refractivity contribution < 1.29 is 0 Å². The van der Waals surface area contributed by atoms with Gasteiger partial charge in [-0.25, -0.2) is 0 Å². The van der Waals surface area contributed by atoms with Crippen LogP contribution in [0.25, 0.3) is 0 Å². The molecule has 50 valence electrons. The Balaban J connectivity index is 2.94. The van der Waals surface area contributed by atoms with Crippen LogP contribution in [0, 0.1) is 6.92 Å². The highest BCUT2D eigenvalue weighted by atomic mass is 15.2. The lowest BCUT2D eigenvalue weighted by molar-refractivity contribution is 1.01. The van der Waals surface area contributed by atoms with Gasteiger partial charge in [0.1, 0.15) is 0 Å². The molecule has 1 aromatic rings. The van der Waals surface area contributed by atoms with Gasteiger partial charge in [-0.2, -0.15) is 5.10 Å². The predicted molar refractivity (Wildman–Crippen MR) is 37.7 cm³/mol. The molecule has 0 unspecified atom stereocenters. The Morgan fingerprint density at radius 2 is 2.22 bits per heavy atom. The fourth-order valence-corrected chi connectivity index (χ4v) is 0.796. The van der Waals surface area contributed by atoms with Gasteiger partial charge in [-0.1, -0.05) is 0 Å². The van der Waals surface area contributed by atoms with Crippen LogP contribution in [0.3, 0.4) is 0 Å². The molecule has 1 rings (SSSR count). The highest BCUT2D eigenvalue weighted by molar-refractivity contribution is 5.42. The number of rotatable bonds is 1. The van der Waals surface area contributed by atoms with Gasteiger partial charge in [-0.15, -0.1) is 0 Å². The molecule has 0 saturated heterocycles. The van der Waals surface area contributed by atoms with Crippen molar-refractivity contribution in [2.24, 2.45) is 0 Å². The van der Waals surface area contributed by atoms with E-state index in [2.05, 4.69) is 10.2 Å². The van der Waals surface area contributed by atoms with Gasteiger partial charge >= 0.3 is 0 Å². The number of H-pyrrole nitrogens is 1. The number of hydrogen-bond donors (Lipinski definition) is 1. The van der Waals surface area contributed by atoms with Gasteiger partial charge in [0.2, 0.25) is 0 Å². The highest BCUT2D eigenvalue weighted by Gasteiger charge is 1.99. The fraction of sp³-hybridized carbons (Fsp3) is 0.500. The van der Waals surface area contributed by atoms with Crippen molar-refractivity contribution in [3.63, 3.8) is 0 Å². The summed E-state index contributed by atoms with van der Waals surface area (Å²) in [7, 11) is 3.95. The van der Waals surface area contributed by atoms with Crippen molar-refractivity contribution >= 4 is 5.82 Å². The number of aromatic nitrogens is 2. The van der Waals surface area contributed by atoms with Crippen LogP contribution in [0.4, 0.5) is 5.82 Å². The van der Waals surface area contributed by atoms with E-state index in [9.17, 15) is 0 Å². The van der Waals surface area contributed by atoms with Crippen LogP contribution in [0.1, 0.15) is 5.56 Å². The maximum atomic E-state index is 4.02. The minimum Gasteiger partial charge on any atom is -0.361 e. The first-order valence-electron chi connectivity index (χ1n) is 2.89. The summed E-state index contributed by atoms with van der Waals surface area (Å²) < 4.78 is 0. The molecule has 1 aromatic heterocycles. The summed E-state index contributed by atoms with van der Waals surface area (Å²) in [6.07, 6.45) is 1.88. The molecule has 0 aliphatic rings. The molecule has 1 heterocycles. The van der Waals surface area contributed by atoms with Gasteiger partial charge in [0.05, 0.1) is 0 Å². The Hall–Kier alpha value is -0.990. The van der Waals surface area contributed by atoms with Crippen molar-refractivity contribution in [1.29, 1.82) is 0 Å². The van der Waals surface area contributed by atoms with Gasteiger partial charge < -0.3 is 4.90 Å². The summed E-state index contributed by atoms with van der Waals surface area (Å²) in [4.78, 5) is 1.98. The van der Waals surface area contributed by atoms with E-state index in [1.54, 1.807) is 0 Å². The Morgan fingerprint density at radius 3 is 2.44 bits per heavy atom. The van der Waals surface area contributed by atoms with Crippen LogP contribution < -0.4 is 4.90 Å². The molecule has 3 heteroatoms. The minimum atomic E-state index is 1.01. The third-order valence-corrected chi connectivity index (χ3v) is 1.23. The maximum absolute atomic E-state index is 4.02. The summed E-state index contributed by atoms with van der Waals surface area (Å²) in [6.45, 7) is 2.03. The SMILES string of the molecule is Cc1c[nH]nc1N(C)C. The number of nitrogens with zero attached hydrogens (tertiary/aromatic N) is 2. The molecule has 0 spiro atoms. The predicted octanol–water partition coefficient (Wildman–Crippen LogP) is 0.784. The molecular formula is C6H11N3. The van der Waals surface area contributed by atoms with E-state index in [4.69, 9.17) is 0 Å². The lowest BCUT2D eigenvalue weighted by atomic mass is 10.4. The number of nitrogens with one attached hydrogen (secondary N) is 1. The second-order valence-corrected chi connectivity index (χ2v) is 2.29. The van der Waals surface area contributed by atoms with Gasteiger partial charge in [0.25, 0.3) is 0 Å². The first kappa shape index (κ1) is 6.13. The minimum absolute atomic E-state index is 1.01. The summed E-state index contributed by atoms with van der Waals surface area (Å²) in [5.41, 5.74) is 1.18. The second kappa shape index (κ2) is 2.09. The molecule has 0 aliphatic heterocycles. The van der Waals surface area contributed by atoms with E-state index < -0.39 is 0 Å². The van der Waals surface area contributed by atoms with Crippen molar-refractivity contribution in [1.82, 2.24) is 10.2 Å². The van der Waals surface area contributed by atoms with E-state index >= 15 is 0 Å². The molecule has 1 N–H and O–H groups in total. The normalized spacial score (nSPS) is 9.67. The first-order chi connectivity index (χ1) is 4.22. The zero-order valence-corrected chi connectivity index (χ0v) is 5.97. The summed E-state index contributed by atoms with van der Waals surface area (Å²) in [6, 6.07) is 0. The Kier molecular flexibility index (Phi) is 1.42. The molecule has 0 bridgehead atoms. The Labute approximate surface area is 54.7 Å². The van der Waals surface area contributed by atoms with Crippen molar-refractivity contribution in [2.45, 2.75) is 6.92 Å². The third kappa shape index (κ3) is 1.04. The van der Waals surface area contributed by atoms with E-state index in [0.29, 0.717) is 0 Å². The van der Waals surface area contributed by atoms with Crippen LogP contribution in [0.2, 0.25) is 0 Å². The van der Waals surface area contributed by atoms with Crippen LogP contribution in [-0.4, -0.2) is 24.3 Å². The summed E-state index contributed by atoms with van der Waals surface area (Å²) >= 11 is 0. The molecular weight excluding hydrogens is 114 g/mol. The molecule has 3 nitrogen and oxygen atoms in total. The lowest BCUT2D eigenvalue weighted by Crippen LogP contribution is -2.09. The fourth-order valence-electron chi connectivity index (χ4n) is 0.796. The van der Waals surface area contributed by atoms with Crippen LogP contribution in [0.15, 0.2) is 6.20 Å². The quantitative estimate of drug-likeness (QED) is 0.601. The number of aromatic amines is 1. The average Bonchev–Trinajstić information content (AvgIpc) is 2.13. The molecule has 0 atom stereocenters. The molecule has 0 radical (unpaired) electrons. The standard InChI is InChI=1S/C6H11N3/c1-5-4-7-8-6(5)9(2)3/h4H,1-3H3,(H,7,8). The zero-order chi connectivity index (χ0) is 6.85. The monoisotopic (exact) mass is 125 g/mol. The number of anilines is 1. The van der Waals surface area contributed by atoms with Gasteiger partial charge in [-0.3, -0.25) is 5.10 Å². The first-order valence-corrected chi connectivity index (χ1v) is 2.89.